The SMILES string of the molecule is O[C@]1(c2cn[nH]n2)CCN(c2cc(N3CCCCC3)ncn2)C1. The summed E-state index contributed by atoms with van der Waals surface area (Å²) in [4.78, 5) is 13.2. The van der Waals surface area contributed by atoms with Crippen molar-refractivity contribution in [3.63, 3.8) is 0 Å². The first-order valence-electron chi connectivity index (χ1n) is 8.15. The van der Waals surface area contributed by atoms with Gasteiger partial charge in [0, 0.05) is 32.1 Å². The summed E-state index contributed by atoms with van der Waals surface area (Å²) in [5, 5.41) is 21.2. The second kappa shape index (κ2) is 5.77. The second-order valence-electron chi connectivity index (χ2n) is 6.34. The van der Waals surface area contributed by atoms with Gasteiger partial charge in [-0.1, -0.05) is 0 Å². The molecule has 4 heterocycles. The van der Waals surface area contributed by atoms with Crippen LogP contribution in [0.5, 0.6) is 0 Å². The molecule has 122 valence electrons. The second-order valence-corrected chi connectivity index (χ2v) is 6.34. The van der Waals surface area contributed by atoms with E-state index in [4.69, 9.17) is 0 Å². The first-order chi connectivity index (χ1) is 11.2. The third-order valence-corrected chi connectivity index (χ3v) is 4.78. The van der Waals surface area contributed by atoms with Gasteiger partial charge in [-0.05, 0) is 19.3 Å². The minimum atomic E-state index is -0.969. The number of aliphatic hydroxyl groups is 1. The van der Waals surface area contributed by atoms with Crippen molar-refractivity contribution in [3.8, 4) is 0 Å². The number of aromatic nitrogens is 5. The van der Waals surface area contributed by atoms with Crippen molar-refractivity contribution in [1.29, 1.82) is 0 Å². The zero-order chi connectivity index (χ0) is 15.7. The molecule has 2 aliphatic heterocycles. The standard InChI is InChI=1S/C15H21N7O/c23-15(12-9-18-20-19-12)4-7-22(10-15)14-8-13(16-11-17-14)21-5-2-1-3-6-21/h8-9,11,23H,1-7,10H2,(H,18,19,20)/t15-/m1/s1. The van der Waals surface area contributed by atoms with E-state index in [-0.39, 0.29) is 0 Å². The highest BCUT2D eigenvalue weighted by Crippen LogP contribution is 2.33. The number of β-amino-alcohol motifs (C(OH)–C–C–N with tert-alkyl or cyclic N) is 1. The molecule has 0 bridgehead atoms. The number of hydrogen-bond acceptors (Lipinski definition) is 7. The Balaban J connectivity index is 1.52. The van der Waals surface area contributed by atoms with Crippen molar-refractivity contribution >= 4 is 11.6 Å². The zero-order valence-electron chi connectivity index (χ0n) is 13.0. The molecule has 0 radical (unpaired) electrons. The van der Waals surface area contributed by atoms with Gasteiger partial charge in [0.1, 0.15) is 29.3 Å². The molecule has 2 aromatic heterocycles. The zero-order valence-corrected chi connectivity index (χ0v) is 13.0. The van der Waals surface area contributed by atoms with Gasteiger partial charge in [0.15, 0.2) is 0 Å². The Morgan fingerprint density at radius 2 is 1.83 bits per heavy atom. The number of piperidine rings is 1. The number of nitrogens with one attached hydrogen (secondary N) is 1. The molecule has 4 rings (SSSR count). The highest BCUT2D eigenvalue weighted by molar-refractivity contribution is 5.51. The predicted molar refractivity (Wildman–Crippen MR) is 85.2 cm³/mol. The number of rotatable bonds is 3. The maximum Gasteiger partial charge on any atom is 0.134 e. The molecule has 2 aromatic rings. The summed E-state index contributed by atoms with van der Waals surface area (Å²) in [6.07, 6.45) is 7.55. The molecule has 0 amide bonds. The van der Waals surface area contributed by atoms with Crippen LogP contribution in [0, 0.1) is 0 Å². The van der Waals surface area contributed by atoms with Gasteiger partial charge in [-0.15, -0.1) is 0 Å². The van der Waals surface area contributed by atoms with Crippen LogP contribution in [-0.2, 0) is 5.60 Å². The van der Waals surface area contributed by atoms with Crippen molar-refractivity contribution < 1.29 is 5.11 Å². The maximum absolute atomic E-state index is 10.8. The Bertz CT molecular complexity index is 656. The molecular formula is C15H21N7O. The lowest BCUT2D eigenvalue weighted by atomic mass is 10.0. The molecule has 0 saturated carbocycles. The largest absolute Gasteiger partial charge is 0.381 e. The summed E-state index contributed by atoms with van der Waals surface area (Å²) in [5.74, 6) is 1.84. The quantitative estimate of drug-likeness (QED) is 0.860. The molecule has 1 atom stereocenters. The van der Waals surface area contributed by atoms with Gasteiger partial charge in [-0.2, -0.15) is 15.4 Å². The lowest BCUT2D eigenvalue weighted by Crippen LogP contribution is -2.32. The normalized spacial score (nSPS) is 25.1. The van der Waals surface area contributed by atoms with Crippen LogP contribution in [0.1, 0.15) is 31.4 Å². The number of anilines is 2. The van der Waals surface area contributed by atoms with Gasteiger partial charge in [0.25, 0.3) is 0 Å². The van der Waals surface area contributed by atoms with Crippen molar-refractivity contribution in [2.75, 3.05) is 36.0 Å². The van der Waals surface area contributed by atoms with Crippen molar-refractivity contribution in [3.05, 3.63) is 24.3 Å². The molecule has 2 saturated heterocycles. The fraction of sp³-hybridized carbons (Fsp3) is 0.600. The summed E-state index contributed by atoms with van der Waals surface area (Å²) in [7, 11) is 0. The first-order valence-corrected chi connectivity index (χ1v) is 8.15. The van der Waals surface area contributed by atoms with Gasteiger partial charge in [-0.3, -0.25) is 0 Å². The number of H-pyrrole nitrogens is 1. The first kappa shape index (κ1) is 14.4. The van der Waals surface area contributed by atoms with Gasteiger partial charge in [0.05, 0.1) is 12.7 Å². The summed E-state index contributed by atoms with van der Waals surface area (Å²) in [6, 6.07) is 2.03. The van der Waals surface area contributed by atoms with E-state index in [1.54, 1.807) is 12.5 Å². The van der Waals surface area contributed by atoms with E-state index in [0.717, 1.165) is 31.3 Å². The van der Waals surface area contributed by atoms with E-state index in [1.807, 2.05) is 6.07 Å². The lowest BCUT2D eigenvalue weighted by Gasteiger charge is -2.28. The van der Waals surface area contributed by atoms with Gasteiger partial charge < -0.3 is 14.9 Å². The van der Waals surface area contributed by atoms with E-state index in [0.29, 0.717) is 18.7 Å². The summed E-state index contributed by atoms with van der Waals surface area (Å²) >= 11 is 0. The van der Waals surface area contributed by atoms with Crippen LogP contribution in [0.3, 0.4) is 0 Å². The van der Waals surface area contributed by atoms with Crippen LogP contribution in [0.25, 0.3) is 0 Å². The minimum absolute atomic E-state index is 0.468. The van der Waals surface area contributed by atoms with Crippen LogP contribution in [0.15, 0.2) is 18.6 Å². The van der Waals surface area contributed by atoms with Gasteiger partial charge in [0.2, 0.25) is 0 Å². The molecule has 0 aliphatic carbocycles. The predicted octanol–water partition coefficient (Wildman–Crippen LogP) is 0.683. The van der Waals surface area contributed by atoms with E-state index in [1.165, 1.54) is 19.3 Å². The Labute approximate surface area is 134 Å². The Morgan fingerprint density at radius 1 is 1.04 bits per heavy atom. The van der Waals surface area contributed by atoms with Crippen LogP contribution < -0.4 is 9.80 Å². The topological polar surface area (TPSA) is 94.1 Å². The maximum atomic E-state index is 10.8. The fourth-order valence-corrected chi connectivity index (χ4v) is 3.43. The number of aromatic amines is 1. The van der Waals surface area contributed by atoms with E-state index in [9.17, 15) is 5.11 Å². The molecule has 0 unspecified atom stereocenters. The molecule has 2 N–H and O–H groups in total. The molecule has 0 spiro atoms. The van der Waals surface area contributed by atoms with E-state index < -0.39 is 5.60 Å². The third-order valence-electron chi connectivity index (χ3n) is 4.78. The Kier molecular flexibility index (Phi) is 3.60. The van der Waals surface area contributed by atoms with Crippen molar-refractivity contribution in [2.24, 2.45) is 0 Å². The molecule has 8 nitrogen and oxygen atoms in total. The Hall–Kier alpha value is -2.22. The van der Waals surface area contributed by atoms with Gasteiger partial charge in [-0.25, -0.2) is 9.97 Å². The molecule has 8 heteroatoms. The van der Waals surface area contributed by atoms with Crippen LogP contribution >= 0.6 is 0 Å². The summed E-state index contributed by atoms with van der Waals surface area (Å²) in [5.41, 5.74) is -0.381. The molecule has 2 fully saturated rings. The number of nitrogens with zero attached hydrogens (tertiary/aromatic N) is 6. The monoisotopic (exact) mass is 315 g/mol. The van der Waals surface area contributed by atoms with Crippen LogP contribution in [0.4, 0.5) is 11.6 Å². The molecule has 23 heavy (non-hydrogen) atoms. The summed E-state index contributed by atoms with van der Waals surface area (Å²) < 4.78 is 0. The number of hydrogen-bond donors (Lipinski definition) is 2. The molecule has 2 aliphatic rings. The lowest BCUT2D eigenvalue weighted by molar-refractivity contribution is 0.0559. The van der Waals surface area contributed by atoms with E-state index in [2.05, 4.69) is 35.2 Å². The minimum Gasteiger partial charge on any atom is -0.381 e. The summed E-state index contributed by atoms with van der Waals surface area (Å²) in [6.45, 7) is 3.31. The fourth-order valence-electron chi connectivity index (χ4n) is 3.43. The van der Waals surface area contributed by atoms with Crippen LogP contribution in [0.2, 0.25) is 0 Å². The van der Waals surface area contributed by atoms with Crippen LogP contribution in [-0.4, -0.2) is 56.7 Å². The average Bonchev–Trinajstić information content (AvgIpc) is 3.27. The smallest absolute Gasteiger partial charge is 0.134 e. The van der Waals surface area contributed by atoms with Crippen molar-refractivity contribution in [2.45, 2.75) is 31.3 Å². The van der Waals surface area contributed by atoms with E-state index >= 15 is 0 Å². The third kappa shape index (κ3) is 2.74. The Morgan fingerprint density at radius 3 is 2.57 bits per heavy atom. The average molecular weight is 315 g/mol. The molecule has 0 aromatic carbocycles. The van der Waals surface area contributed by atoms with Gasteiger partial charge >= 0.3 is 0 Å². The molecular weight excluding hydrogens is 294 g/mol. The highest BCUT2D eigenvalue weighted by Gasteiger charge is 2.40. The van der Waals surface area contributed by atoms with Crippen molar-refractivity contribution in [1.82, 2.24) is 25.4 Å². The highest BCUT2D eigenvalue weighted by atomic mass is 16.3.